The molecule has 0 spiro atoms. The summed E-state index contributed by atoms with van der Waals surface area (Å²) in [5.41, 5.74) is 5.74. The predicted octanol–water partition coefficient (Wildman–Crippen LogP) is 5.98. The Balaban J connectivity index is 1.41. The Kier molecular flexibility index (Phi) is 8.19. The molecule has 184 valence electrons. The highest BCUT2D eigenvalue weighted by molar-refractivity contribution is 5.95. The van der Waals surface area contributed by atoms with Crippen molar-refractivity contribution >= 4 is 11.8 Å². The molecule has 0 aliphatic carbocycles. The number of likely N-dealkylation sites (N-methyl/N-ethyl adjacent to an activating group) is 1. The highest BCUT2D eigenvalue weighted by Crippen LogP contribution is 2.27. The molecule has 1 fully saturated rings. The third-order valence-electron chi connectivity index (χ3n) is 6.77. The molecule has 1 aromatic heterocycles. The topological polar surface area (TPSA) is 45.7 Å². The van der Waals surface area contributed by atoms with Gasteiger partial charge in [-0.3, -0.25) is 4.90 Å². The summed E-state index contributed by atoms with van der Waals surface area (Å²) in [4.78, 5) is 21.9. The third-order valence-corrected chi connectivity index (χ3v) is 6.77. The summed E-state index contributed by atoms with van der Waals surface area (Å²) in [7, 11) is 0. The summed E-state index contributed by atoms with van der Waals surface area (Å²) in [5.74, 6) is 0.429. The van der Waals surface area contributed by atoms with Crippen LogP contribution in [-0.4, -0.2) is 47.6 Å². The molecule has 1 aliphatic rings. The van der Waals surface area contributed by atoms with Crippen LogP contribution in [0.5, 0.6) is 0 Å². The number of benzene rings is 2. The van der Waals surface area contributed by atoms with Crippen LogP contribution in [0.1, 0.15) is 55.6 Å². The second kappa shape index (κ2) is 11.5. The van der Waals surface area contributed by atoms with Crippen molar-refractivity contribution in [2.45, 2.75) is 59.2 Å². The smallest absolute Gasteiger partial charge is 0.342 e. The van der Waals surface area contributed by atoms with E-state index in [4.69, 9.17) is 4.74 Å². The van der Waals surface area contributed by atoms with Gasteiger partial charge in [0.2, 0.25) is 0 Å². The van der Waals surface area contributed by atoms with Gasteiger partial charge in [0.15, 0.2) is 0 Å². The number of aromatic nitrogens is 1. The van der Waals surface area contributed by atoms with Gasteiger partial charge in [-0.1, -0.05) is 62.4 Å². The second-order valence-electron chi connectivity index (χ2n) is 9.53. The first-order valence-corrected chi connectivity index (χ1v) is 12.8. The molecule has 4 rings (SSSR count). The van der Waals surface area contributed by atoms with Crippen molar-refractivity contribution < 1.29 is 9.53 Å². The third kappa shape index (κ3) is 6.09. The molecule has 0 amide bonds. The molecule has 5 heteroatoms. The van der Waals surface area contributed by atoms with Crippen molar-refractivity contribution in [2.24, 2.45) is 0 Å². The van der Waals surface area contributed by atoms with Gasteiger partial charge in [0.1, 0.15) is 11.4 Å². The van der Waals surface area contributed by atoms with Crippen LogP contribution in [0.3, 0.4) is 0 Å². The summed E-state index contributed by atoms with van der Waals surface area (Å²) >= 11 is 0. The van der Waals surface area contributed by atoms with Gasteiger partial charge in [-0.25, -0.2) is 9.78 Å². The van der Waals surface area contributed by atoms with Gasteiger partial charge in [-0.15, -0.1) is 0 Å². The number of pyridine rings is 1. The number of nitrogens with zero attached hydrogens (tertiary/aromatic N) is 3. The summed E-state index contributed by atoms with van der Waals surface area (Å²) in [6.07, 6.45) is 3.71. The lowest BCUT2D eigenvalue weighted by molar-refractivity contribution is 0.0378. The zero-order valence-electron chi connectivity index (χ0n) is 21.4. The Labute approximate surface area is 209 Å². The lowest BCUT2D eigenvalue weighted by Gasteiger charge is -2.28. The number of aryl methyl sites for hydroxylation is 1. The Hall–Kier alpha value is -3.18. The van der Waals surface area contributed by atoms with E-state index in [1.165, 1.54) is 22.3 Å². The van der Waals surface area contributed by atoms with Crippen LogP contribution < -0.4 is 4.90 Å². The first kappa shape index (κ1) is 24.9. The zero-order chi connectivity index (χ0) is 24.8. The molecular weight excluding hydrogens is 434 g/mol. The molecular formula is C30H37N3O2. The quantitative estimate of drug-likeness (QED) is 0.360. The molecule has 3 aromatic rings. The zero-order valence-corrected chi connectivity index (χ0v) is 21.4. The lowest BCUT2D eigenvalue weighted by atomic mass is 10.0. The maximum Gasteiger partial charge on any atom is 0.342 e. The first-order chi connectivity index (χ1) is 17.0. The van der Waals surface area contributed by atoms with Crippen molar-refractivity contribution in [3.8, 4) is 11.1 Å². The molecule has 1 unspecified atom stereocenters. The van der Waals surface area contributed by atoms with Gasteiger partial charge >= 0.3 is 5.97 Å². The van der Waals surface area contributed by atoms with E-state index in [1.54, 1.807) is 12.3 Å². The van der Waals surface area contributed by atoms with E-state index in [2.05, 4.69) is 77.2 Å². The second-order valence-corrected chi connectivity index (χ2v) is 9.53. The van der Waals surface area contributed by atoms with Gasteiger partial charge in [0.05, 0.1) is 6.10 Å². The SMILES string of the molecule is CCc1ccc(-c2ccc(CN(CC)C3CCN(c4ncccc4C(=O)OC(C)C)C3)cc2)cc1. The van der Waals surface area contributed by atoms with Crippen LogP contribution in [-0.2, 0) is 17.7 Å². The van der Waals surface area contributed by atoms with Gasteiger partial charge < -0.3 is 9.64 Å². The highest BCUT2D eigenvalue weighted by atomic mass is 16.5. The Morgan fingerprint density at radius 3 is 2.29 bits per heavy atom. The molecule has 2 aromatic carbocycles. The van der Waals surface area contributed by atoms with E-state index in [0.717, 1.165) is 44.8 Å². The largest absolute Gasteiger partial charge is 0.459 e. The van der Waals surface area contributed by atoms with Crippen molar-refractivity contribution in [1.29, 1.82) is 0 Å². The predicted molar refractivity (Wildman–Crippen MR) is 143 cm³/mol. The number of hydrogen-bond acceptors (Lipinski definition) is 5. The fourth-order valence-corrected chi connectivity index (χ4v) is 4.79. The molecule has 1 atom stereocenters. The Bertz CT molecular complexity index is 1110. The van der Waals surface area contributed by atoms with Crippen LogP contribution in [0.15, 0.2) is 66.9 Å². The van der Waals surface area contributed by atoms with Gasteiger partial charge in [-0.2, -0.15) is 0 Å². The van der Waals surface area contributed by atoms with E-state index in [1.807, 2.05) is 19.9 Å². The Morgan fingerprint density at radius 2 is 1.69 bits per heavy atom. The highest BCUT2D eigenvalue weighted by Gasteiger charge is 2.30. The van der Waals surface area contributed by atoms with Gasteiger partial charge in [-0.05, 0) is 67.6 Å². The molecule has 35 heavy (non-hydrogen) atoms. The number of ether oxygens (including phenoxy) is 1. The van der Waals surface area contributed by atoms with Crippen LogP contribution in [0.4, 0.5) is 5.82 Å². The molecule has 1 saturated heterocycles. The van der Waals surface area contributed by atoms with Crippen molar-refractivity contribution in [1.82, 2.24) is 9.88 Å². The summed E-state index contributed by atoms with van der Waals surface area (Å²) in [6, 6.07) is 21.8. The van der Waals surface area contributed by atoms with Crippen LogP contribution in [0.25, 0.3) is 11.1 Å². The van der Waals surface area contributed by atoms with E-state index in [9.17, 15) is 4.79 Å². The average molecular weight is 472 g/mol. The Morgan fingerprint density at radius 1 is 1.03 bits per heavy atom. The van der Waals surface area contributed by atoms with Crippen LogP contribution >= 0.6 is 0 Å². The van der Waals surface area contributed by atoms with E-state index < -0.39 is 0 Å². The van der Waals surface area contributed by atoms with E-state index in [0.29, 0.717) is 11.6 Å². The number of carbonyl (C=O) groups excluding carboxylic acids is 1. The average Bonchev–Trinajstić information content (AvgIpc) is 3.37. The maximum absolute atomic E-state index is 12.6. The number of carbonyl (C=O) groups is 1. The number of esters is 1. The number of rotatable bonds is 9. The fourth-order valence-electron chi connectivity index (χ4n) is 4.79. The molecule has 0 saturated carbocycles. The minimum atomic E-state index is -0.302. The van der Waals surface area contributed by atoms with Gasteiger partial charge in [0.25, 0.3) is 0 Å². The number of anilines is 1. The van der Waals surface area contributed by atoms with E-state index in [-0.39, 0.29) is 12.1 Å². The fraction of sp³-hybridized carbons (Fsp3) is 0.400. The molecule has 1 aliphatic heterocycles. The minimum Gasteiger partial charge on any atom is -0.459 e. The first-order valence-electron chi connectivity index (χ1n) is 12.8. The summed E-state index contributed by atoms with van der Waals surface area (Å²) in [5, 5.41) is 0. The van der Waals surface area contributed by atoms with Gasteiger partial charge in [0, 0.05) is 31.9 Å². The van der Waals surface area contributed by atoms with E-state index >= 15 is 0 Å². The summed E-state index contributed by atoms with van der Waals surface area (Å²) < 4.78 is 5.45. The molecule has 0 radical (unpaired) electrons. The van der Waals surface area contributed by atoms with Crippen LogP contribution in [0, 0.1) is 0 Å². The molecule has 5 nitrogen and oxygen atoms in total. The normalized spacial score (nSPS) is 15.7. The lowest BCUT2D eigenvalue weighted by Crippen LogP contribution is -2.37. The standard InChI is InChI=1S/C30H37N3O2/c1-5-23-9-13-25(14-10-23)26-15-11-24(12-16-26)20-32(6-2)27-17-19-33(21-27)29-28(8-7-18-31-29)30(34)35-22(3)4/h7-16,18,22,27H,5-6,17,19-21H2,1-4H3. The minimum absolute atomic E-state index is 0.153. The number of hydrogen-bond donors (Lipinski definition) is 0. The van der Waals surface area contributed by atoms with Crippen LogP contribution in [0.2, 0.25) is 0 Å². The van der Waals surface area contributed by atoms with Crippen molar-refractivity contribution in [2.75, 3.05) is 24.5 Å². The van der Waals surface area contributed by atoms with Crippen molar-refractivity contribution in [3.63, 3.8) is 0 Å². The summed E-state index contributed by atoms with van der Waals surface area (Å²) in [6.45, 7) is 11.8. The monoisotopic (exact) mass is 471 g/mol. The maximum atomic E-state index is 12.6. The van der Waals surface area contributed by atoms with Crippen molar-refractivity contribution in [3.05, 3.63) is 83.6 Å². The molecule has 0 N–H and O–H groups in total. The molecule has 0 bridgehead atoms. The molecule has 2 heterocycles.